The van der Waals surface area contributed by atoms with Crippen LogP contribution in [0.5, 0.6) is 11.6 Å². The van der Waals surface area contributed by atoms with Crippen molar-refractivity contribution in [1.29, 1.82) is 0 Å². The fourth-order valence-electron chi connectivity index (χ4n) is 4.54. The molecule has 6 rings (SSSR count). The first-order valence-corrected chi connectivity index (χ1v) is 12.3. The average Bonchev–Trinajstić information content (AvgIpc) is 3.14. The number of anilines is 2. The molecule has 6 heteroatoms. The first-order valence-electron chi connectivity index (χ1n) is 12.3. The monoisotopic (exact) mass is 497 g/mol. The molecule has 0 aliphatic carbocycles. The predicted molar refractivity (Wildman–Crippen MR) is 148 cm³/mol. The van der Waals surface area contributed by atoms with Crippen molar-refractivity contribution in [3.63, 3.8) is 0 Å². The summed E-state index contributed by atoms with van der Waals surface area (Å²) >= 11 is 0. The van der Waals surface area contributed by atoms with Crippen LogP contribution in [0.3, 0.4) is 0 Å². The van der Waals surface area contributed by atoms with E-state index in [1.807, 2.05) is 84.9 Å². The molecule has 1 aliphatic heterocycles. The number of carbonyl (C=O) groups excluding carboxylic acids is 2. The fraction of sp³-hybridized carbons (Fsp3) is 0.0312. The highest BCUT2D eigenvalue weighted by molar-refractivity contribution is 6.10. The van der Waals surface area contributed by atoms with Gasteiger partial charge in [0.25, 0.3) is 11.8 Å². The summed E-state index contributed by atoms with van der Waals surface area (Å²) < 4.78 is 6.01. The largest absolute Gasteiger partial charge is 0.436 e. The lowest BCUT2D eigenvalue weighted by atomic mass is 9.99. The highest BCUT2D eigenvalue weighted by Gasteiger charge is 2.26. The molecule has 1 N–H and O–H groups in total. The number of amides is 2. The van der Waals surface area contributed by atoms with Gasteiger partial charge in [0.05, 0.1) is 12.2 Å². The van der Waals surface area contributed by atoms with Crippen molar-refractivity contribution in [3.05, 3.63) is 138 Å². The molecular formula is C32H23N3O3. The van der Waals surface area contributed by atoms with Gasteiger partial charge >= 0.3 is 0 Å². The van der Waals surface area contributed by atoms with E-state index in [0.29, 0.717) is 40.7 Å². The minimum atomic E-state index is -0.216. The van der Waals surface area contributed by atoms with Gasteiger partial charge in [0.15, 0.2) is 5.75 Å². The molecule has 6 nitrogen and oxygen atoms in total. The molecule has 0 saturated carbocycles. The van der Waals surface area contributed by atoms with Gasteiger partial charge in [-0.15, -0.1) is 0 Å². The number of benzene rings is 4. The number of hydrogen-bond donors (Lipinski definition) is 1. The number of nitrogens with zero attached hydrogens (tertiary/aromatic N) is 2. The van der Waals surface area contributed by atoms with Gasteiger partial charge in [-0.1, -0.05) is 66.7 Å². The summed E-state index contributed by atoms with van der Waals surface area (Å²) in [6, 6.07) is 35.4. The van der Waals surface area contributed by atoms with E-state index < -0.39 is 0 Å². The normalized spacial score (nSPS) is 11.9. The van der Waals surface area contributed by atoms with Gasteiger partial charge < -0.3 is 15.0 Å². The average molecular weight is 498 g/mol. The van der Waals surface area contributed by atoms with Crippen LogP contribution in [0.1, 0.15) is 26.3 Å². The summed E-state index contributed by atoms with van der Waals surface area (Å²) in [5.74, 6) is 0.666. The Bertz CT molecular complexity index is 1630. The Morgan fingerprint density at radius 1 is 0.763 bits per heavy atom. The second kappa shape index (κ2) is 10.0. The summed E-state index contributed by atoms with van der Waals surface area (Å²) in [6.45, 7) is 0.327. The number of aromatic nitrogens is 1. The van der Waals surface area contributed by atoms with Crippen LogP contribution in [0.15, 0.2) is 121 Å². The summed E-state index contributed by atoms with van der Waals surface area (Å²) in [5.41, 5.74) is 4.99. The van der Waals surface area contributed by atoms with Crippen LogP contribution in [0.2, 0.25) is 0 Å². The van der Waals surface area contributed by atoms with Crippen molar-refractivity contribution in [2.75, 3.05) is 10.2 Å². The number of fused-ring (bicyclic) bond motifs is 2. The van der Waals surface area contributed by atoms with E-state index in [-0.39, 0.29) is 11.8 Å². The molecule has 2 heterocycles. The van der Waals surface area contributed by atoms with Crippen LogP contribution in [0.25, 0.3) is 11.1 Å². The molecule has 38 heavy (non-hydrogen) atoms. The predicted octanol–water partition coefficient (Wildman–Crippen LogP) is 6.95. The van der Waals surface area contributed by atoms with Gasteiger partial charge in [-0.2, -0.15) is 0 Å². The lowest BCUT2D eigenvalue weighted by Crippen LogP contribution is -2.29. The third-order valence-corrected chi connectivity index (χ3v) is 6.43. The van der Waals surface area contributed by atoms with Crippen molar-refractivity contribution >= 4 is 23.2 Å². The molecular weight excluding hydrogens is 474 g/mol. The lowest BCUT2D eigenvalue weighted by Gasteiger charge is -2.22. The van der Waals surface area contributed by atoms with E-state index in [9.17, 15) is 9.59 Å². The van der Waals surface area contributed by atoms with Crippen LogP contribution in [-0.2, 0) is 6.54 Å². The Labute approximate surface area is 220 Å². The van der Waals surface area contributed by atoms with Gasteiger partial charge in [-0.3, -0.25) is 9.59 Å². The Balaban J connectivity index is 1.24. The van der Waals surface area contributed by atoms with E-state index >= 15 is 0 Å². The van der Waals surface area contributed by atoms with Crippen molar-refractivity contribution in [1.82, 2.24) is 4.98 Å². The number of ether oxygens (including phenoxy) is 1. The van der Waals surface area contributed by atoms with E-state index in [1.165, 1.54) is 0 Å². The van der Waals surface area contributed by atoms with Crippen LogP contribution < -0.4 is 15.0 Å². The van der Waals surface area contributed by atoms with Crippen LogP contribution >= 0.6 is 0 Å². The summed E-state index contributed by atoms with van der Waals surface area (Å²) in [6.07, 6.45) is 1.67. The number of carbonyl (C=O) groups is 2. The third kappa shape index (κ3) is 4.51. The smallest absolute Gasteiger partial charge is 0.258 e. The molecule has 0 atom stereocenters. The molecule has 1 aliphatic rings. The number of pyridine rings is 1. The van der Waals surface area contributed by atoms with E-state index in [2.05, 4.69) is 10.3 Å². The molecule has 0 radical (unpaired) electrons. The van der Waals surface area contributed by atoms with Gasteiger partial charge in [0.1, 0.15) is 0 Å². The van der Waals surface area contributed by atoms with E-state index in [4.69, 9.17) is 4.74 Å². The molecule has 0 unspecified atom stereocenters. The maximum Gasteiger partial charge on any atom is 0.258 e. The molecule has 1 aromatic heterocycles. The Hall–Kier alpha value is -5.23. The highest BCUT2D eigenvalue weighted by atomic mass is 16.5. The first-order chi connectivity index (χ1) is 18.7. The number of nitrogens with one attached hydrogen (secondary N) is 1. The highest BCUT2D eigenvalue weighted by Crippen LogP contribution is 2.38. The van der Waals surface area contributed by atoms with Crippen LogP contribution in [0.4, 0.5) is 11.4 Å². The summed E-state index contributed by atoms with van der Waals surface area (Å²) in [7, 11) is 0. The third-order valence-electron chi connectivity index (χ3n) is 6.43. The quantitative estimate of drug-likeness (QED) is 0.292. The lowest BCUT2D eigenvalue weighted by molar-refractivity contribution is 0.0984. The first kappa shape index (κ1) is 23.2. The van der Waals surface area contributed by atoms with Gasteiger partial charge in [0, 0.05) is 28.6 Å². The van der Waals surface area contributed by atoms with Gasteiger partial charge in [-0.25, -0.2) is 4.98 Å². The molecule has 5 aromatic rings. The zero-order valence-corrected chi connectivity index (χ0v) is 20.4. The topological polar surface area (TPSA) is 71.5 Å². The van der Waals surface area contributed by atoms with Crippen molar-refractivity contribution < 1.29 is 14.3 Å². The SMILES string of the molecule is O=C(Nc1ccc(C(=O)N2Cc3cccnc3Oc3ccccc32)cc1)c1ccccc1-c1ccccc1. The van der Waals surface area contributed by atoms with Crippen LogP contribution in [0, 0.1) is 0 Å². The molecule has 4 aromatic carbocycles. The van der Waals surface area contributed by atoms with Gasteiger partial charge in [-0.05, 0) is 59.7 Å². The minimum absolute atomic E-state index is 0.176. The number of rotatable bonds is 4. The molecule has 2 amide bonds. The van der Waals surface area contributed by atoms with E-state index in [0.717, 1.165) is 16.7 Å². The maximum absolute atomic E-state index is 13.6. The van der Waals surface area contributed by atoms with Crippen molar-refractivity contribution in [2.24, 2.45) is 0 Å². The standard InChI is InChI=1S/C32H23N3O3/c36-30(27-13-5-4-12-26(27)22-9-2-1-3-10-22)34-25-18-16-23(17-19-25)32(37)35-21-24-11-8-20-33-31(24)38-29-15-7-6-14-28(29)35/h1-20H,21H2,(H,34,36). The Morgan fingerprint density at radius 2 is 1.50 bits per heavy atom. The minimum Gasteiger partial charge on any atom is -0.436 e. The zero-order valence-electron chi connectivity index (χ0n) is 20.4. The van der Waals surface area contributed by atoms with Gasteiger partial charge in [0.2, 0.25) is 5.88 Å². The summed E-state index contributed by atoms with van der Waals surface area (Å²) in [4.78, 5) is 32.8. The van der Waals surface area contributed by atoms with Crippen molar-refractivity contribution in [2.45, 2.75) is 6.54 Å². The second-order valence-electron chi connectivity index (χ2n) is 8.87. The van der Waals surface area contributed by atoms with Crippen molar-refractivity contribution in [3.8, 4) is 22.8 Å². The number of hydrogen-bond acceptors (Lipinski definition) is 4. The summed E-state index contributed by atoms with van der Waals surface area (Å²) in [5, 5.41) is 2.96. The zero-order chi connectivity index (χ0) is 25.9. The second-order valence-corrected chi connectivity index (χ2v) is 8.87. The molecule has 0 spiro atoms. The Morgan fingerprint density at radius 3 is 2.34 bits per heavy atom. The van der Waals surface area contributed by atoms with E-state index in [1.54, 1.807) is 41.4 Å². The molecule has 184 valence electrons. The van der Waals surface area contributed by atoms with Crippen LogP contribution in [-0.4, -0.2) is 16.8 Å². The number of para-hydroxylation sites is 2. The fourth-order valence-corrected chi connectivity index (χ4v) is 4.54. The maximum atomic E-state index is 13.6. The molecule has 0 saturated heterocycles. The molecule has 0 fully saturated rings. The Kier molecular flexibility index (Phi) is 6.12. The molecule has 0 bridgehead atoms.